The van der Waals surface area contributed by atoms with Crippen molar-refractivity contribution in [3.8, 4) is 17.0 Å². The molecule has 88 valence electrons. The molecule has 0 N–H and O–H groups in total. The minimum absolute atomic E-state index is 0.676. The van der Waals surface area contributed by atoms with Gasteiger partial charge in [-0.2, -0.15) is 0 Å². The number of nitrogens with zero attached hydrogens (tertiary/aromatic N) is 2. The first-order valence-electron chi connectivity index (χ1n) is 5.26. The summed E-state index contributed by atoms with van der Waals surface area (Å²) in [6.07, 6.45) is 1.73. The molecule has 0 aliphatic carbocycles. The first-order chi connectivity index (χ1) is 8.11. The lowest BCUT2D eigenvalue weighted by Crippen LogP contribution is -1.95. The van der Waals surface area contributed by atoms with Crippen molar-refractivity contribution in [2.75, 3.05) is 7.11 Å². The maximum Gasteiger partial charge on any atom is 0.131 e. The van der Waals surface area contributed by atoms with Gasteiger partial charge in [0, 0.05) is 16.8 Å². The van der Waals surface area contributed by atoms with Gasteiger partial charge in [-0.1, -0.05) is 11.6 Å². The van der Waals surface area contributed by atoms with Gasteiger partial charge in [-0.05, 0) is 37.6 Å². The predicted molar refractivity (Wildman–Crippen MR) is 68.5 cm³/mol. The fraction of sp³-hybridized carbons (Fsp3) is 0.231. The van der Waals surface area contributed by atoms with Gasteiger partial charge in [0.05, 0.1) is 12.8 Å². The summed E-state index contributed by atoms with van der Waals surface area (Å²) in [5.41, 5.74) is 2.70. The third kappa shape index (κ3) is 2.39. The van der Waals surface area contributed by atoms with Crippen molar-refractivity contribution in [1.29, 1.82) is 0 Å². The fourth-order valence-electron chi connectivity index (χ4n) is 1.80. The Kier molecular flexibility index (Phi) is 3.29. The second kappa shape index (κ2) is 4.72. The van der Waals surface area contributed by atoms with Crippen molar-refractivity contribution in [2.45, 2.75) is 13.8 Å². The van der Waals surface area contributed by atoms with Crippen LogP contribution in [0.2, 0.25) is 5.02 Å². The van der Waals surface area contributed by atoms with E-state index >= 15 is 0 Å². The summed E-state index contributed by atoms with van der Waals surface area (Å²) in [5, 5.41) is 0.676. The van der Waals surface area contributed by atoms with Crippen LogP contribution in [0.15, 0.2) is 24.4 Å². The first kappa shape index (κ1) is 11.9. The summed E-state index contributed by atoms with van der Waals surface area (Å²) in [4.78, 5) is 8.47. The number of hydrogen-bond donors (Lipinski definition) is 0. The molecule has 17 heavy (non-hydrogen) atoms. The molecule has 0 spiro atoms. The molecular formula is C13H13ClN2O. The van der Waals surface area contributed by atoms with Gasteiger partial charge in [0.25, 0.3) is 0 Å². The van der Waals surface area contributed by atoms with Crippen molar-refractivity contribution in [3.05, 3.63) is 40.8 Å². The zero-order valence-electron chi connectivity index (χ0n) is 9.99. The number of benzene rings is 1. The van der Waals surface area contributed by atoms with Crippen LogP contribution in [0.1, 0.15) is 11.4 Å². The number of aromatic nitrogens is 2. The van der Waals surface area contributed by atoms with Crippen molar-refractivity contribution >= 4 is 11.6 Å². The van der Waals surface area contributed by atoms with Crippen LogP contribution in [0.5, 0.6) is 5.75 Å². The molecule has 0 unspecified atom stereocenters. The molecule has 1 aromatic heterocycles. The zero-order chi connectivity index (χ0) is 12.4. The number of hydrogen-bond acceptors (Lipinski definition) is 3. The van der Waals surface area contributed by atoms with E-state index in [4.69, 9.17) is 16.3 Å². The summed E-state index contributed by atoms with van der Waals surface area (Å²) < 4.78 is 5.41. The Bertz CT molecular complexity index is 555. The Hall–Kier alpha value is -1.61. The smallest absolute Gasteiger partial charge is 0.131 e. The van der Waals surface area contributed by atoms with Gasteiger partial charge in [-0.3, -0.25) is 0 Å². The van der Waals surface area contributed by atoms with E-state index in [2.05, 4.69) is 9.97 Å². The van der Waals surface area contributed by atoms with Gasteiger partial charge in [-0.15, -0.1) is 0 Å². The molecule has 0 atom stereocenters. The molecule has 1 heterocycles. The maximum atomic E-state index is 6.07. The Labute approximate surface area is 105 Å². The molecule has 2 aromatic rings. The van der Waals surface area contributed by atoms with Gasteiger partial charge in [0.2, 0.25) is 0 Å². The molecule has 0 saturated heterocycles. The second-order valence-corrected chi connectivity index (χ2v) is 4.23. The lowest BCUT2D eigenvalue weighted by atomic mass is 10.1. The normalized spacial score (nSPS) is 10.4. The minimum atomic E-state index is 0.676. The van der Waals surface area contributed by atoms with Gasteiger partial charge >= 0.3 is 0 Å². The first-order valence-corrected chi connectivity index (χ1v) is 5.64. The lowest BCUT2D eigenvalue weighted by Gasteiger charge is -2.11. The standard InChI is InChI=1S/C13H13ClN2O/c1-8-6-10(14)7-11(13(8)17-3)12-4-5-15-9(2)16-12/h4-7H,1-3H3. The molecule has 0 amide bonds. The molecule has 3 nitrogen and oxygen atoms in total. The Morgan fingerprint density at radius 2 is 2.00 bits per heavy atom. The highest BCUT2D eigenvalue weighted by atomic mass is 35.5. The molecule has 2 rings (SSSR count). The van der Waals surface area contributed by atoms with Crippen LogP contribution in [0.4, 0.5) is 0 Å². The average Bonchev–Trinajstić information content (AvgIpc) is 2.28. The minimum Gasteiger partial charge on any atom is -0.496 e. The van der Waals surface area contributed by atoms with E-state index in [0.29, 0.717) is 5.02 Å². The van der Waals surface area contributed by atoms with Crippen LogP contribution >= 0.6 is 11.6 Å². The van der Waals surface area contributed by atoms with Gasteiger partial charge in [-0.25, -0.2) is 9.97 Å². The van der Waals surface area contributed by atoms with E-state index in [9.17, 15) is 0 Å². The van der Waals surface area contributed by atoms with Gasteiger partial charge in [0.15, 0.2) is 0 Å². The predicted octanol–water partition coefficient (Wildman–Crippen LogP) is 3.42. The third-order valence-electron chi connectivity index (χ3n) is 2.50. The van der Waals surface area contributed by atoms with E-state index in [1.165, 1.54) is 0 Å². The molecule has 4 heteroatoms. The Balaban J connectivity index is 2.65. The zero-order valence-corrected chi connectivity index (χ0v) is 10.7. The Morgan fingerprint density at radius 1 is 1.24 bits per heavy atom. The molecular weight excluding hydrogens is 236 g/mol. The summed E-state index contributed by atoms with van der Waals surface area (Å²) in [5.74, 6) is 1.52. The molecule has 0 bridgehead atoms. The number of ether oxygens (including phenoxy) is 1. The van der Waals surface area contributed by atoms with Crippen LogP contribution in [0.3, 0.4) is 0 Å². The van der Waals surface area contributed by atoms with E-state index < -0.39 is 0 Å². The highest BCUT2D eigenvalue weighted by molar-refractivity contribution is 6.31. The fourth-order valence-corrected chi connectivity index (χ4v) is 2.07. The monoisotopic (exact) mass is 248 g/mol. The molecule has 0 aliphatic heterocycles. The lowest BCUT2D eigenvalue weighted by molar-refractivity contribution is 0.413. The van der Waals surface area contributed by atoms with E-state index in [1.807, 2.05) is 32.0 Å². The molecule has 1 aromatic carbocycles. The van der Waals surface area contributed by atoms with Gasteiger partial charge < -0.3 is 4.74 Å². The highest BCUT2D eigenvalue weighted by Gasteiger charge is 2.11. The quantitative estimate of drug-likeness (QED) is 0.817. The van der Waals surface area contributed by atoms with Crippen LogP contribution in [0.25, 0.3) is 11.3 Å². The van der Waals surface area contributed by atoms with Crippen molar-refractivity contribution in [3.63, 3.8) is 0 Å². The summed E-state index contributed by atoms with van der Waals surface area (Å²) in [7, 11) is 1.65. The molecule has 0 aliphatic rings. The SMILES string of the molecule is COc1c(C)cc(Cl)cc1-c1ccnc(C)n1. The number of aryl methyl sites for hydroxylation is 2. The number of methoxy groups -OCH3 is 1. The summed E-state index contributed by atoms with van der Waals surface area (Å²) >= 11 is 6.07. The molecule has 0 saturated carbocycles. The number of rotatable bonds is 2. The summed E-state index contributed by atoms with van der Waals surface area (Å²) in [6.45, 7) is 3.82. The third-order valence-corrected chi connectivity index (χ3v) is 2.71. The van der Waals surface area contributed by atoms with Crippen molar-refractivity contribution in [2.24, 2.45) is 0 Å². The van der Waals surface area contributed by atoms with Crippen LogP contribution < -0.4 is 4.74 Å². The average molecular weight is 249 g/mol. The largest absolute Gasteiger partial charge is 0.496 e. The molecule has 0 fully saturated rings. The van der Waals surface area contributed by atoms with E-state index in [-0.39, 0.29) is 0 Å². The van der Waals surface area contributed by atoms with Gasteiger partial charge in [0.1, 0.15) is 11.6 Å². The topological polar surface area (TPSA) is 35.0 Å². The van der Waals surface area contributed by atoms with E-state index in [0.717, 1.165) is 28.4 Å². The number of halogens is 1. The Morgan fingerprint density at radius 3 is 2.65 bits per heavy atom. The van der Waals surface area contributed by atoms with Crippen LogP contribution in [-0.4, -0.2) is 17.1 Å². The van der Waals surface area contributed by atoms with Crippen LogP contribution in [0, 0.1) is 13.8 Å². The highest BCUT2D eigenvalue weighted by Crippen LogP contribution is 2.34. The van der Waals surface area contributed by atoms with Crippen molar-refractivity contribution < 1.29 is 4.74 Å². The maximum absolute atomic E-state index is 6.07. The molecule has 0 radical (unpaired) electrons. The second-order valence-electron chi connectivity index (χ2n) is 3.79. The van der Waals surface area contributed by atoms with E-state index in [1.54, 1.807) is 13.3 Å². The van der Waals surface area contributed by atoms with Crippen LogP contribution in [-0.2, 0) is 0 Å². The van der Waals surface area contributed by atoms with Crippen molar-refractivity contribution in [1.82, 2.24) is 9.97 Å². The summed E-state index contributed by atoms with van der Waals surface area (Å²) in [6, 6.07) is 5.58.